The molecule has 1 unspecified atom stereocenters. The van der Waals surface area contributed by atoms with Crippen molar-refractivity contribution < 1.29 is 14.3 Å². The number of carbonyl (C=O) groups is 1. The number of carboxylic acids is 1. The van der Waals surface area contributed by atoms with E-state index < -0.39 is 5.97 Å². The number of thiophene rings is 1. The summed E-state index contributed by atoms with van der Waals surface area (Å²) in [7, 11) is 0. The highest BCUT2D eigenvalue weighted by Gasteiger charge is 2.13. The number of aryl methyl sites for hydroxylation is 1. The predicted octanol–water partition coefficient (Wildman–Crippen LogP) is 2.92. The van der Waals surface area contributed by atoms with Gasteiger partial charge in [0.2, 0.25) is 0 Å². The molecule has 0 fully saturated rings. The van der Waals surface area contributed by atoms with Crippen LogP contribution in [0.4, 0.5) is 6.01 Å². The van der Waals surface area contributed by atoms with E-state index in [0.717, 1.165) is 11.1 Å². The van der Waals surface area contributed by atoms with Crippen molar-refractivity contribution in [1.29, 1.82) is 0 Å². The van der Waals surface area contributed by atoms with Gasteiger partial charge in [0.05, 0.1) is 6.04 Å². The average Bonchev–Trinajstić information content (AvgIpc) is 2.86. The molecule has 6 heteroatoms. The van der Waals surface area contributed by atoms with Gasteiger partial charge in [0, 0.05) is 9.75 Å². The van der Waals surface area contributed by atoms with Crippen LogP contribution in [-0.2, 0) is 0 Å². The van der Waals surface area contributed by atoms with Crippen molar-refractivity contribution in [2.24, 2.45) is 0 Å². The lowest BCUT2D eigenvalue weighted by molar-refractivity contribution is 0.0690. The van der Waals surface area contributed by atoms with Crippen molar-refractivity contribution in [1.82, 2.24) is 4.98 Å². The molecule has 0 radical (unpaired) electrons. The van der Waals surface area contributed by atoms with Gasteiger partial charge in [0.25, 0.3) is 6.01 Å². The molecule has 2 rings (SSSR count). The van der Waals surface area contributed by atoms with Gasteiger partial charge in [-0.2, -0.15) is 4.98 Å². The second-order valence-corrected chi connectivity index (χ2v) is 4.98. The maximum atomic E-state index is 10.6. The first-order valence-corrected chi connectivity index (χ1v) is 5.89. The van der Waals surface area contributed by atoms with Crippen LogP contribution >= 0.6 is 11.3 Å². The summed E-state index contributed by atoms with van der Waals surface area (Å²) < 4.78 is 5.03. The molecule has 0 saturated carbocycles. The van der Waals surface area contributed by atoms with Gasteiger partial charge in [-0.15, -0.1) is 11.3 Å². The molecular formula is C11H12N2O3S. The Morgan fingerprint density at radius 1 is 1.59 bits per heavy atom. The molecule has 0 bridgehead atoms. The fourth-order valence-corrected chi connectivity index (χ4v) is 2.26. The first-order valence-electron chi connectivity index (χ1n) is 5.08. The standard InChI is InChI=1S/C11H12N2O3S/c1-6-3-4-9(17-6)7(2)12-11-13-8(5-16-11)10(14)15/h3-5,7H,1-2H3,(H,12,13)(H,14,15). The van der Waals surface area contributed by atoms with Crippen LogP contribution in [0.1, 0.15) is 33.2 Å². The van der Waals surface area contributed by atoms with Crippen LogP contribution in [-0.4, -0.2) is 16.1 Å². The van der Waals surface area contributed by atoms with Gasteiger partial charge in [-0.25, -0.2) is 4.79 Å². The average molecular weight is 252 g/mol. The minimum atomic E-state index is -1.10. The van der Waals surface area contributed by atoms with Crippen LogP contribution in [0.3, 0.4) is 0 Å². The largest absolute Gasteiger partial charge is 0.476 e. The monoisotopic (exact) mass is 252 g/mol. The smallest absolute Gasteiger partial charge is 0.357 e. The molecule has 2 aromatic heterocycles. The Morgan fingerprint density at radius 3 is 2.88 bits per heavy atom. The summed E-state index contributed by atoms with van der Waals surface area (Å²) in [6, 6.07) is 4.32. The van der Waals surface area contributed by atoms with E-state index in [1.807, 2.05) is 26.0 Å². The van der Waals surface area contributed by atoms with E-state index in [1.165, 1.54) is 4.88 Å². The predicted molar refractivity (Wildman–Crippen MR) is 64.6 cm³/mol. The van der Waals surface area contributed by atoms with E-state index in [1.54, 1.807) is 11.3 Å². The quantitative estimate of drug-likeness (QED) is 0.875. The number of rotatable bonds is 4. The summed E-state index contributed by atoms with van der Waals surface area (Å²) in [5, 5.41) is 11.7. The van der Waals surface area contributed by atoms with Crippen molar-refractivity contribution in [3.63, 3.8) is 0 Å². The summed E-state index contributed by atoms with van der Waals surface area (Å²) in [4.78, 5) is 16.8. The number of nitrogens with one attached hydrogen (secondary N) is 1. The first kappa shape index (κ1) is 11.7. The van der Waals surface area contributed by atoms with E-state index in [9.17, 15) is 4.79 Å². The van der Waals surface area contributed by atoms with Crippen molar-refractivity contribution >= 4 is 23.3 Å². The fraction of sp³-hybridized carbons (Fsp3) is 0.273. The van der Waals surface area contributed by atoms with Crippen LogP contribution in [0.2, 0.25) is 0 Å². The third kappa shape index (κ3) is 2.65. The zero-order valence-electron chi connectivity index (χ0n) is 9.43. The first-order chi connectivity index (χ1) is 8.06. The molecule has 0 amide bonds. The lowest BCUT2D eigenvalue weighted by atomic mass is 10.3. The summed E-state index contributed by atoms with van der Waals surface area (Å²) in [5.41, 5.74) is -0.0953. The number of anilines is 1. The molecule has 2 heterocycles. The van der Waals surface area contributed by atoms with Gasteiger partial charge in [-0.1, -0.05) is 0 Å². The van der Waals surface area contributed by atoms with Crippen molar-refractivity contribution in [2.75, 3.05) is 5.32 Å². The van der Waals surface area contributed by atoms with Crippen molar-refractivity contribution in [3.05, 3.63) is 33.8 Å². The Hall–Kier alpha value is -1.82. The fourth-order valence-electron chi connectivity index (χ4n) is 1.38. The number of carboxylic acid groups (broad SMARTS) is 1. The summed E-state index contributed by atoms with van der Waals surface area (Å²) >= 11 is 1.68. The lowest BCUT2D eigenvalue weighted by Crippen LogP contribution is -2.05. The second-order valence-electron chi connectivity index (χ2n) is 3.66. The SMILES string of the molecule is Cc1ccc(C(C)Nc2nc(C(=O)O)co2)s1. The van der Waals surface area contributed by atoms with Crippen LogP contribution in [0.25, 0.3) is 0 Å². The molecule has 0 spiro atoms. The highest BCUT2D eigenvalue weighted by molar-refractivity contribution is 7.12. The van der Waals surface area contributed by atoms with Crippen molar-refractivity contribution in [3.8, 4) is 0 Å². The summed E-state index contributed by atoms with van der Waals surface area (Å²) in [5.74, 6) is -1.10. The Labute approximate surface area is 102 Å². The normalized spacial score (nSPS) is 12.4. The third-order valence-electron chi connectivity index (χ3n) is 2.25. The molecule has 90 valence electrons. The van der Waals surface area contributed by atoms with E-state index in [-0.39, 0.29) is 17.8 Å². The number of hydrogen-bond donors (Lipinski definition) is 2. The molecule has 0 aliphatic carbocycles. The number of aromatic nitrogens is 1. The second kappa shape index (κ2) is 4.58. The van der Waals surface area contributed by atoms with Crippen molar-refractivity contribution in [2.45, 2.75) is 19.9 Å². The Kier molecular flexibility index (Phi) is 3.14. The maximum Gasteiger partial charge on any atom is 0.357 e. The third-order valence-corrected chi connectivity index (χ3v) is 3.43. The number of nitrogens with zero attached hydrogens (tertiary/aromatic N) is 1. The minimum Gasteiger partial charge on any atom is -0.476 e. The highest BCUT2D eigenvalue weighted by Crippen LogP contribution is 2.25. The van der Waals surface area contributed by atoms with E-state index in [2.05, 4.69) is 10.3 Å². The molecule has 17 heavy (non-hydrogen) atoms. The van der Waals surface area contributed by atoms with E-state index >= 15 is 0 Å². The molecule has 0 aliphatic heterocycles. The van der Waals surface area contributed by atoms with E-state index in [4.69, 9.17) is 9.52 Å². The topological polar surface area (TPSA) is 75.4 Å². The number of oxazole rings is 1. The van der Waals surface area contributed by atoms with Crippen LogP contribution in [0.15, 0.2) is 22.8 Å². The molecule has 1 atom stereocenters. The number of hydrogen-bond acceptors (Lipinski definition) is 5. The Balaban J connectivity index is 2.07. The summed E-state index contributed by atoms with van der Waals surface area (Å²) in [6.45, 7) is 4.00. The zero-order chi connectivity index (χ0) is 12.4. The molecule has 2 N–H and O–H groups in total. The van der Waals surface area contributed by atoms with Crippen LogP contribution in [0, 0.1) is 6.92 Å². The molecular weight excluding hydrogens is 240 g/mol. The van der Waals surface area contributed by atoms with Gasteiger partial charge >= 0.3 is 5.97 Å². The van der Waals surface area contributed by atoms with Gasteiger partial charge in [0.15, 0.2) is 5.69 Å². The van der Waals surface area contributed by atoms with Gasteiger partial charge in [-0.3, -0.25) is 0 Å². The van der Waals surface area contributed by atoms with Gasteiger partial charge in [0.1, 0.15) is 6.26 Å². The molecule has 0 saturated heterocycles. The van der Waals surface area contributed by atoms with E-state index in [0.29, 0.717) is 0 Å². The number of aromatic carboxylic acids is 1. The van der Waals surface area contributed by atoms with Gasteiger partial charge in [-0.05, 0) is 26.0 Å². The molecule has 0 aromatic carbocycles. The lowest BCUT2D eigenvalue weighted by Gasteiger charge is -2.09. The Morgan fingerprint density at radius 2 is 2.35 bits per heavy atom. The molecule has 5 nitrogen and oxygen atoms in total. The molecule has 0 aliphatic rings. The highest BCUT2D eigenvalue weighted by atomic mass is 32.1. The molecule has 2 aromatic rings. The minimum absolute atomic E-state index is 0.0361. The summed E-state index contributed by atoms with van der Waals surface area (Å²) in [6.07, 6.45) is 1.12. The Bertz CT molecular complexity index is 532. The van der Waals surface area contributed by atoms with Crippen LogP contribution in [0.5, 0.6) is 0 Å². The van der Waals surface area contributed by atoms with Gasteiger partial charge < -0.3 is 14.8 Å². The maximum absolute atomic E-state index is 10.6. The van der Waals surface area contributed by atoms with Crippen LogP contribution < -0.4 is 5.32 Å². The zero-order valence-corrected chi connectivity index (χ0v) is 10.2.